The molecule has 0 saturated carbocycles. The number of furan rings is 1. The third kappa shape index (κ3) is 2.94. The zero-order valence-corrected chi connectivity index (χ0v) is 11.7. The van der Waals surface area contributed by atoms with Crippen LogP contribution in [0.4, 0.5) is 0 Å². The number of rotatable bonds is 4. The second kappa shape index (κ2) is 5.87. The Balaban J connectivity index is 2.11. The van der Waals surface area contributed by atoms with E-state index < -0.39 is 0 Å². The van der Waals surface area contributed by atoms with Gasteiger partial charge in [-0.05, 0) is 52.5 Å². The van der Waals surface area contributed by atoms with E-state index in [0.717, 1.165) is 18.8 Å². The Morgan fingerprint density at radius 1 is 1.50 bits per heavy atom. The van der Waals surface area contributed by atoms with Crippen LogP contribution < -0.4 is 5.73 Å². The van der Waals surface area contributed by atoms with E-state index in [9.17, 15) is 0 Å². The summed E-state index contributed by atoms with van der Waals surface area (Å²) in [7, 11) is 4.31. The van der Waals surface area contributed by atoms with E-state index in [1.54, 1.807) is 6.26 Å². The first-order chi connectivity index (χ1) is 8.59. The SMILES string of the molecule is CC(N)C(c1ccco1)N1CCCC(N(C)C)C1. The Kier molecular flexibility index (Phi) is 4.43. The fraction of sp³-hybridized carbons (Fsp3) is 0.714. The van der Waals surface area contributed by atoms with Crippen molar-refractivity contribution in [2.75, 3.05) is 27.2 Å². The average Bonchev–Trinajstić information content (AvgIpc) is 2.82. The Morgan fingerprint density at radius 3 is 2.83 bits per heavy atom. The highest BCUT2D eigenvalue weighted by molar-refractivity contribution is 5.08. The predicted molar refractivity (Wildman–Crippen MR) is 73.4 cm³/mol. The minimum Gasteiger partial charge on any atom is -0.468 e. The van der Waals surface area contributed by atoms with Crippen molar-refractivity contribution < 1.29 is 4.42 Å². The molecule has 1 fully saturated rings. The Morgan fingerprint density at radius 2 is 2.28 bits per heavy atom. The topological polar surface area (TPSA) is 45.6 Å². The molecule has 2 heterocycles. The lowest BCUT2D eigenvalue weighted by Gasteiger charge is -2.41. The lowest BCUT2D eigenvalue weighted by atomic mass is 9.99. The monoisotopic (exact) mass is 251 g/mol. The van der Waals surface area contributed by atoms with Crippen LogP contribution in [0.15, 0.2) is 22.8 Å². The van der Waals surface area contributed by atoms with Crippen molar-refractivity contribution in [3.8, 4) is 0 Å². The van der Waals surface area contributed by atoms with Crippen LogP contribution in [0.2, 0.25) is 0 Å². The van der Waals surface area contributed by atoms with Crippen molar-refractivity contribution in [1.29, 1.82) is 0 Å². The van der Waals surface area contributed by atoms with Crippen LogP contribution in [0.3, 0.4) is 0 Å². The van der Waals surface area contributed by atoms with E-state index in [4.69, 9.17) is 10.2 Å². The number of likely N-dealkylation sites (N-methyl/N-ethyl adjacent to an activating group) is 1. The molecular weight excluding hydrogens is 226 g/mol. The first kappa shape index (κ1) is 13.6. The van der Waals surface area contributed by atoms with E-state index in [-0.39, 0.29) is 12.1 Å². The molecular formula is C14H25N3O. The van der Waals surface area contributed by atoms with E-state index in [1.807, 2.05) is 12.1 Å². The molecule has 4 heteroatoms. The number of piperidine rings is 1. The summed E-state index contributed by atoms with van der Waals surface area (Å²) in [5.74, 6) is 0.990. The molecule has 2 N–H and O–H groups in total. The molecule has 3 atom stereocenters. The van der Waals surface area contributed by atoms with Crippen molar-refractivity contribution in [1.82, 2.24) is 9.80 Å². The van der Waals surface area contributed by atoms with Crippen LogP contribution in [-0.2, 0) is 0 Å². The maximum absolute atomic E-state index is 6.16. The van der Waals surface area contributed by atoms with E-state index in [1.165, 1.54) is 12.8 Å². The van der Waals surface area contributed by atoms with Crippen molar-refractivity contribution >= 4 is 0 Å². The Bertz CT molecular complexity index is 348. The third-order valence-corrected chi connectivity index (χ3v) is 3.88. The van der Waals surface area contributed by atoms with Gasteiger partial charge in [-0.25, -0.2) is 0 Å². The molecule has 0 radical (unpaired) electrons. The van der Waals surface area contributed by atoms with Gasteiger partial charge in [0.1, 0.15) is 5.76 Å². The number of hydrogen-bond donors (Lipinski definition) is 1. The summed E-state index contributed by atoms with van der Waals surface area (Å²) < 4.78 is 5.57. The molecule has 0 aliphatic carbocycles. The van der Waals surface area contributed by atoms with Gasteiger partial charge in [-0.2, -0.15) is 0 Å². The van der Waals surface area contributed by atoms with E-state index in [0.29, 0.717) is 6.04 Å². The summed E-state index contributed by atoms with van der Waals surface area (Å²) in [4.78, 5) is 4.78. The standard InChI is InChI=1S/C14H25N3O/c1-11(15)14(13-7-5-9-18-13)17-8-4-6-12(10-17)16(2)3/h5,7,9,11-12,14H,4,6,8,10,15H2,1-3H3. The highest BCUT2D eigenvalue weighted by Gasteiger charge is 2.31. The molecule has 4 nitrogen and oxygen atoms in total. The summed E-state index contributed by atoms with van der Waals surface area (Å²) in [5, 5.41) is 0. The fourth-order valence-corrected chi connectivity index (χ4v) is 2.89. The van der Waals surface area contributed by atoms with Crippen molar-refractivity contribution in [2.45, 2.75) is 37.9 Å². The normalized spacial score (nSPS) is 25.3. The number of likely N-dealkylation sites (tertiary alicyclic amines) is 1. The summed E-state index contributed by atoms with van der Waals surface area (Å²) in [5.41, 5.74) is 6.16. The summed E-state index contributed by atoms with van der Waals surface area (Å²) >= 11 is 0. The van der Waals surface area contributed by atoms with Gasteiger partial charge >= 0.3 is 0 Å². The molecule has 0 amide bonds. The first-order valence-electron chi connectivity index (χ1n) is 6.79. The summed E-state index contributed by atoms with van der Waals surface area (Å²) in [6.45, 7) is 4.24. The second-order valence-electron chi connectivity index (χ2n) is 5.57. The second-order valence-corrected chi connectivity index (χ2v) is 5.57. The van der Waals surface area contributed by atoms with Crippen LogP contribution in [0.5, 0.6) is 0 Å². The van der Waals surface area contributed by atoms with Crippen LogP contribution >= 0.6 is 0 Å². The average molecular weight is 251 g/mol. The van der Waals surface area contributed by atoms with Crippen LogP contribution in [-0.4, -0.2) is 49.1 Å². The van der Waals surface area contributed by atoms with Gasteiger partial charge < -0.3 is 15.1 Å². The van der Waals surface area contributed by atoms with Crippen molar-refractivity contribution in [3.63, 3.8) is 0 Å². The zero-order valence-electron chi connectivity index (χ0n) is 11.7. The highest BCUT2D eigenvalue weighted by atomic mass is 16.3. The summed E-state index contributed by atoms with van der Waals surface area (Å²) in [6.07, 6.45) is 4.23. The quantitative estimate of drug-likeness (QED) is 0.884. The zero-order chi connectivity index (χ0) is 13.1. The molecule has 102 valence electrons. The molecule has 0 spiro atoms. The third-order valence-electron chi connectivity index (χ3n) is 3.88. The molecule has 1 aromatic heterocycles. The maximum atomic E-state index is 6.16. The van der Waals surface area contributed by atoms with Gasteiger partial charge in [-0.1, -0.05) is 0 Å². The molecule has 0 aromatic carbocycles. The van der Waals surface area contributed by atoms with Gasteiger partial charge in [-0.3, -0.25) is 4.90 Å². The van der Waals surface area contributed by atoms with E-state index in [2.05, 4.69) is 30.8 Å². The highest BCUT2D eigenvalue weighted by Crippen LogP contribution is 2.28. The van der Waals surface area contributed by atoms with Gasteiger partial charge in [0.15, 0.2) is 0 Å². The number of nitrogens with zero attached hydrogens (tertiary/aromatic N) is 2. The molecule has 1 saturated heterocycles. The molecule has 1 aliphatic heterocycles. The first-order valence-corrected chi connectivity index (χ1v) is 6.79. The number of hydrogen-bond acceptors (Lipinski definition) is 4. The van der Waals surface area contributed by atoms with Crippen molar-refractivity contribution in [2.24, 2.45) is 5.73 Å². The summed E-state index contributed by atoms with van der Waals surface area (Å²) in [6, 6.07) is 4.88. The van der Waals surface area contributed by atoms with Gasteiger partial charge in [-0.15, -0.1) is 0 Å². The fourth-order valence-electron chi connectivity index (χ4n) is 2.89. The molecule has 1 aromatic rings. The molecule has 3 unspecified atom stereocenters. The van der Waals surface area contributed by atoms with E-state index >= 15 is 0 Å². The van der Waals surface area contributed by atoms with Crippen LogP contribution in [0.1, 0.15) is 31.6 Å². The van der Waals surface area contributed by atoms with Gasteiger partial charge in [0, 0.05) is 18.6 Å². The Hall–Kier alpha value is -0.840. The van der Waals surface area contributed by atoms with Crippen LogP contribution in [0.25, 0.3) is 0 Å². The minimum absolute atomic E-state index is 0.0806. The number of nitrogens with two attached hydrogens (primary N) is 1. The van der Waals surface area contributed by atoms with Gasteiger partial charge in [0.2, 0.25) is 0 Å². The largest absolute Gasteiger partial charge is 0.468 e. The Labute approximate surface area is 110 Å². The predicted octanol–water partition coefficient (Wildman–Crippen LogP) is 1.69. The molecule has 2 rings (SSSR count). The lowest BCUT2D eigenvalue weighted by Crippen LogP contribution is -2.49. The molecule has 1 aliphatic rings. The van der Waals surface area contributed by atoms with Crippen molar-refractivity contribution in [3.05, 3.63) is 24.2 Å². The minimum atomic E-state index is 0.0806. The van der Waals surface area contributed by atoms with Crippen LogP contribution in [0, 0.1) is 0 Å². The lowest BCUT2D eigenvalue weighted by molar-refractivity contribution is 0.0765. The maximum Gasteiger partial charge on any atom is 0.122 e. The van der Waals surface area contributed by atoms with Gasteiger partial charge in [0.05, 0.1) is 12.3 Å². The molecule has 0 bridgehead atoms. The molecule has 18 heavy (non-hydrogen) atoms. The smallest absolute Gasteiger partial charge is 0.122 e. The van der Waals surface area contributed by atoms with Gasteiger partial charge in [0.25, 0.3) is 0 Å².